The lowest BCUT2D eigenvalue weighted by Gasteiger charge is -2.16. The number of carbonyl (C=O) groups is 1. The van der Waals surface area contributed by atoms with E-state index in [9.17, 15) is 14.9 Å². The summed E-state index contributed by atoms with van der Waals surface area (Å²) in [7, 11) is 0. The van der Waals surface area contributed by atoms with E-state index in [1.165, 1.54) is 6.07 Å². The topological polar surface area (TPSA) is 86.7 Å². The summed E-state index contributed by atoms with van der Waals surface area (Å²) in [6.45, 7) is 6.82. The molecule has 0 saturated heterocycles. The first kappa shape index (κ1) is 28.5. The molecule has 0 unspecified atom stereocenters. The van der Waals surface area contributed by atoms with Crippen LogP contribution in [-0.4, -0.2) is 21.5 Å². The van der Waals surface area contributed by atoms with Crippen molar-refractivity contribution in [2.45, 2.75) is 58.9 Å². The number of oxime groups is 1. The minimum atomic E-state index is -0.382. The maximum atomic E-state index is 13.5. The van der Waals surface area contributed by atoms with Crippen LogP contribution in [0.1, 0.15) is 77.5 Å². The Morgan fingerprint density at radius 3 is 2.40 bits per heavy atom. The number of hydrogen-bond acceptors (Lipinski definition) is 5. The van der Waals surface area contributed by atoms with Crippen LogP contribution in [0.15, 0.2) is 90.1 Å². The average Bonchev–Trinajstić information content (AvgIpc) is 3.31. The van der Waals surface area contributed by atoms with Gasteiger partial charge in [-0.15, -0.1) is 0 Å². The SMILES string of the molecule is Cc1ccc(O/N=C/c2cc(C(=O)CCCCc3cccc([N+](=O)[O-])c3)c(C(C)C)n2Cc2ccccc2)cc1. The number of aryl methyl sites for hydroxylation is 2. The fourth-order valence-electron chi connectivity index (χ4n) is 4.79. The van der Waals surface area contributed by atoms with Crippen LogP contribution in [0.4, 0.5) is 5.69 Å². The predicted octanol–water partition coefficient (Wildman–Crippen LogP) is 7.89. The molecule has 0 amide bonds. The number of nitrogens with zero attached hydrogens (tertiary/aromatic N) is 3. The number of carbonyl (C=O) groups excluding carboxylic acids is 1. The Hall–Kier alpha value is -4.52. The molecule has 7 heteroatoms. The van der Waals surface area contributed by atoms with E-state index in [0.717, 1.165) is 34.5 Å². The van der Waals surface area contributed by atoms with Crippen molar-refractivity contribution in [3.8, 4) is 5.75 Å². The zero-order valence-electron chi connectivity index (χ0n) is 23.2. The molecule has 0 spiro atoms. The number of Topliss-reactive ketones (excluding diaryl/α,β-unsaturated/α-hetero) is 1. The van der Waals surface area contributed by atoms with Crippen molar-refractivity contribution in [3.05, 3.63) is 129 Å². The van der Waals surface area contributed by atoms with Gasteiger partial charge in [-0.25, -0.2) is 0 Å². The Bertz CT molecular complexity index is 1470. The highest BCUT2D eigenvalue weighted by molar-refractivity contribution is 5.99. The first-order chi connectivity index (χ1) is 19.3. The van der Waals surface area contributed by atoms with E-state index in [1.807, 2.05) is 61.5 Å². The van der Waals surface area contributed by atoms with Gasteiger partial charge in [-0.05, 0) is 61.4 Å². The lowest BCUT2D eigenvalue weighted by molar-refractivity contribution is -0.384. The maximum Gasteiger partial charge on any atom is 0.269 e. The van der Waals surface area contributed by atoms with Crippen LogP contribution in [0.3, 0.4) is 0 Å². The highest BCUT2D eigenvalue weighted by Gasteiger charge is 2.22. The van der Waals surface area contributed by atoms with Gasteiger partial charge in [0.15, 0.2) is 11.5 Å². The molecule has 7 nitrogen and oxygen atoms in total. The lowest BCUT2D eigenvalue weighted by atomic mass is 9.98. The third-order valence-corrected chi connectivity index (χ3v) is 6.81. The molecular formula is C33H35N3O4. The summed E-state index contributed by atoms with van der Waals surface area (Å²) in [5, 5.41) is 15.3. The molecule has 0 saturated carbocycles. The summed E-state index contributed by atoms with van der Waals surface area (Å²) in [6, 6.07) is 26.4. The van der Waals surface area contributed by atoms with Crippen molar-refractivity contribution in [2.75, 3.05) is 0 Å². The zero-order valence-corrected chi connectivity index (χ0v) is 23.2. The van der Waals surface area contributed by atoms with Crippen LogP contribution in [0.5, 0.6) is 5.75 Å². The van der Waals surface area contributed by atoms with Crippen LogP contribution >= 0.6 is 0 Å². The van der Waals surface area contributed by atoms with Crippen LogP contribution in [-0.2, 0) is 13.0 Å². The van der Waals surface area contributed by atoms with Crippen LogP contribution in [0, 0.1) is 17.0 Å². The number of nitro groups is 1. The quantitative estimate of drug-likeness (QED) is 0.0570. The number of non-ortho nitro benzene ring substituents is 1. The van der Waals surface area contributed by atoms with Gasteiger partial charge in [-0.2, -0.15) is 0 Å². The normalized spacial score (nSPS) is 11.3. The van der Waals surface area contributed by atoms with Gasteiger partial charge in [0.05, 0.1) is 16.8 Å². The average molecular weight is 538 g/mol. The Morgan fingerprint density at radius 1 is 0.975 bits per heavy atom. The van der Waals surface area contributed by atoms with Crippen LogP contribution < -0.4 is 4.84 Å². The summed E-state index contributed by atoms with van der Waals surface area (Å²) >= 11 is 0. The number of rotatable bonds is 13. The molecule has 4 rings (SSSR count). The van der Waals surface area contributed by atoms with Gasteiger partial charge >= 0.3 is 0 Å². The number of nitro benzene ring substituents is 1. The predicted molar refractivity (Wildman–Crippen MR) is 158 cm³/mol. The van der Waals surface area contributed by atoms with Gasteiger partial charge in [0.2, 0.25) is 0 Å². The van der Waals surface area contributed by atoms with E-state index in [0.29, 0.717) is 37.1 Å². The Balaban J connectivity index is 1.52. The number of ketones is 1. The Morgan fingerprint density at radius 2 is 1.70 bits per heavy atom. The molecule has 0 aliphatic carbocycles. The van der Waals surface area contributed by atoms with Crippen LogP contribution in [0.2, 0.25) is 0 Å². The summed E-state index contributed by atoms with van der Waals surface area (Å²) in [4.78, 5) is 29.8. The molecular weight excluding hydrogens is 502 g/mol. The molecule has 3 aromatic carbocycles. The number of aromatic nitrogens is 1. The summed E-state index contributed by atoms with van der Waals surface area (Å²) in [6.07, 6.45) is 4.24. The summed E-state index contributed by atoms with van der Waals surface area (Å²) < 4.78 is 2.15. The van der Waals surface area contributed by atoms with Crippen molar-refractivity contribution >= 4 is 17.7 Å². The van der Waals surface area contributed by atoms with Gasteiger partial charge < -0.3 is 9.40 Å². The highest BCUT2D eigenvalue weighted by atomic mass is 16.6. The van der Waals surface area contributed by atoms with Gasteiger partial charge in [0, 0.05) is 36.4 Å². The second-order valence-corrected chi connectivity index (χ2v) is 10.3. The van der Waals surface area contributed by atoms with Gasteiger partial charge in [0.25, 0.3) is 5.69 Å². The lowest BCUT2D eigenvalue weighted by Crippen LogP contribution is -2.12. The molecule has 0 aliphatic heterocycles. The first-order valence-corrected chi connectivity index (χ1v) is 13.6. The smallest absolute Gasteiger partial charge is 0.269 e. The third-order valence-electron chi connectivity index (χ3n) is 6.81. The molecule has 40 heavy (non-hydrogen) atoms. The molecule has 206 valence electrons. The van der Waals surface area contributed by atoms with E-state index in [2.05, 4.69) is 35.7 Å². The fraction of sp³-hybridized carbons (Fsp3) is 0.273. The largest absolute Gasteiger partial charge is 0.357 e. The van der Waals surface area contributed by atoms with Crippen molar-refractivity contribution in [1.29, 1.82) is 0 Å². The fourth-order valence-corrected chi connectivity index (χ4v) is 4.79. The molecule has 0 N–H and O–H groups in total. The molecule has 0 bridgehead atoms. The number of unbranched alkanes of at least 4 members (excludes halogenated alkanes) is 1. The molecule has 1 aromatic heterocycles. The standard InChI is InChI=1S/C33H35N3O4/c1-24(2)33-31(32(37)15-8-7-10-26-13-9-14-28(20-26)36(38)39)21-29(35(33)23-27-11-5-4-6-12-27)22-34-40-30-18-16-25(3)17-19-30/h4-6,9,11-14,16-22,24H,7-8,10,15,23H2,1-3H3/b34-22+. The summed E-state index contributed by atoms with van der Waals surface area (Å²) in [5.74, 6) is 0.850. The van der Waals surface area contributed by atoms with E-state index in [1.54, 1.807) is 18.3 Å². The minimum Gasteiger partial charge on any atom is -0.357 e. The monoisotopic (exact) mass is 537 g/mol. The maximum absolute atomic E-state index is 13.5. The van der Waals surface area contributed by atoms with Crippen molar-refractivity contribution < 1.29 is 14.6 Å². The molecule has 4 aromatic rings. The second kappa shape index (κ2) is 13.5. The zero-order chi connectivity index (χ0) is 28.5. The van der Waals surface area contributed by atoms with Gasteiger partial charge in [0.1, 0.15) is 0 Å². The van der Waals surface area contributed by atoms with E-state index in [4.69, 9.17) is 4.84 Å². The molecule has 1 heterocycles. The number of benzene rings is 3. The van der Waals surface area contributed by atoms with E-state index < -0.39 is 0 Å². The molecule has 0 fully saturated rings. The molecule has 0 atom stereocenters. The number of hydrogen-bond donors (Lipinski definition) is 0. The van der Waals surface area contributed by atoms with Gasteiger partial charge in [-0.3, -0.25) is 14.9 Å². The third kappa shape index (κ3) is 7.53. The first-order valence-electron chi connectivity index (χ1n) is 13.6. The van der Waals surface area contributed by atoms with Crippen LogP contribution in [0.25, 0.3) is 0 Å². The van der Waals surface area contributed by atoms with Gasteiger partial charge in [-0.1, -0.05) is 79.2 Å². The molecule has 0 radical (unpaired) electrons. The Labute approximate surface area is 235 Å². The van der Waals surface area contributed by atoms with E-state index >= 15 is 0 Å². The van der Waals surface area contributed by atoms with E-state index in [-0.39, 0.29) is 22.3 Å². The van der Waals surface area contributed by atoms with Crippen molar-refractivity contribution in [2.24, 2.45) is 5.16 Å². The van der Waals surface area contributed by atoms with Crippen molar-refractivity contribution in [1.82, 2.24) is 4.57 Å². The molecule has 0 aliphatic rings. The highest BCUT2D eigenvalue weighted by Crippen LogP contribution is 2.27. The minimum absolute atomic E-state index is 0.0867. The van der Waals surface area contributed by atoms with Crippen molar-refractivity contribution in [3.63, 3.8) is 0 Å². The summed E-state index contributed by atoms with van der Waals surface area (Å²) in [5.41, 5.74) is 5.76. The Kier molecular flexibility index (Phi) is 9.62. The second-order valence-electron chi connectivity index (χ2n) is 10.3.